The highest BCUT2D eigenvalue weighted by Crippen LogP contribution is 2.20. The first-order chi connectivity index (χ1) is 12.5. The molecule has 1 atom stereocenters. The molecule has 134 valence electrons. The minimum absolute atomic E-state index is 0.0537. The van der Waals surface area contributed by atoms with Gasteiger partial charge in [0.25, 0.3) is 0 Å². The minimum Gasteiger partial charge on any atom is -0.387 e. The third-order valence-corrected chi connectivity index (χ3v) is 3.90. The molecular formula is C19H20N4O3. The fraction of sp³-hybridized carbons (Fsp3) is 0.211. The summed E-state index contributed by atoms with van der Waals surface area (Å²) in [5.41, 5.74) is 2.52. The predicted octanol–water partition coefficient (Wildman–Crippen LogP) is 2.27. The molecule has 3 rings (SSSR count). The molecule has 0 fully saturated rings. The standard InChI is InChI=1S/C19H20N4O3/c1-23(2)15-10-8-14(9-11-15)17-21-19(26-22-17)18(25)20-12-16(24)13-6-4-3-5-7-13/h3-11,16,24H,12H2,1-2H3,(H,20,25)/t16-/m0/s1. The number of carbonyl (C=O) groups excluding carboxylic acids is 1. The van der Waals surface area contributed by atoms with Crippen molar-refractivity contribution in [2.45, 2.75) is 6.10 Å². The number of aliphatic hydroxyl groups is 1. The van der Waals surface area contributed by atoms with E-state index >= 15 is 0 Å². The van der Waals surface area contributed by atoms with Gasteiger partial charge in [0, 0.05) is 31.9 Å². The number of rotatable bonds is 6. The van der Waals surface area contributed by atoms with Crippen LogP contribution in [0.4, 0.5) is 5.69 Å². The summed E-state index contributed by atoms with van der Waals surface area (Å²) in [4.78, 5) is 18.2. The highest BCUT2D eigenvalue weighted by molar-refractivity contribution is 5.89. The van der Waals surface area contributed by atoms with Gasteiger partial charge in [0.1, 0.15) is 0 Å². The van der Waals surface area contributed by atoms with Crippen LogP contribution in [-0.4, -0.2) is 41.8 Å². The van der Waals surface area contributed by atoms with Gasteiger partial charge in [-0.15, -0.1) is 0 Å². The zero-order valence-electron chi connectivity index (χ0n) is 14.6. The van der Waals surface area contributed by atoms with E-state index in [-0.39, 0.29) is 12.4 Å². The van der Waals surface area contributed by atoms with Gasteiger partial charge in [0.15, 0.2) is 0 Å². The molecule has 0 saturated heterocycles. The monoisotopic (exact) mass is 352 g/mol. The van der Waals surface area contributed by atoms with E-state index in [0.29, 0.717) is 5.82 Å². The van der Waals surface area contributed by atoms with Gasteiger partial charge in [-0.2, -0.15) is 4.98 Å². The van der Waals surface area contributed by atoms with Crippen molar-refractivity contribution in [2.24, 2.45) is 0 Å². The molecule has 0 aliphatic rings. The molecule has 1 aromatic heterocycles. The van der Waals surface area contributed by atoms with E-state index in [1.165, 1.54) is 0 Å². The topological polar surface area (TPSA) is 91.5 Å². The van der Waals surface area contributed by atoms with Crippen LogP contribution in [-0.2, 0) is 0 Å². The van der Waals surface area contributed by atoms with Gasteiger partial charge in [-0.3, -0.25) is 4.79 Å². The van der Waals surface area contributed by atoms with Crippen LogP contribution in [0.1, 0.15) is 22.4 Å². The van der Waals surface area contributed by atoms with Crippen molar-refractivity contribution in [3.63, 3.8) is 0 Å². The molecular weight excluding hydrogens is 332 g/mol. The average Bonchev–Trinajstić information content (AvgIpc) is 3.17. The van der Waals surface area contributed by atoms with E-state index in [1.807, 2.05) is 61.5 Å². The van der Waals surface area contributed by atoms with Gasteiger partial charge in [0.05, 0.1) is 6.10 Å². The summed E-state index contributed by atoms with van der Waals surface area (Å²) in [6.45, 7) is 0.0537. The van der Waals surface area contributed by atoms with Gasteiger partial charge in [-0.05, 0) is 29.8 Å². The Labute approximate surface area is 151 Å². The maximum Gasteiger partial charge on any atom is 0.316 e. The molecule has 2 aromatic carbocycles. The lowest BCUT2D eigenvalue weighted by atomic mass is 10.1. The maximum atomic E-state index is 12.1. The van der Waals surface area contributed by atoms with Crippen LogP contribution in [0.15, 0.2) is 59.1 Å². The summed E-state index contributed by atoms with van der Waals surface area (Å²) in [7, 11) is 3.91. The first-order valence-corrected chi connectivity index (χ1v) is 8.17. The van der Waals surface area contributed by atoms with Gasteiger partial charge in [0.2, 0.25) is 5.82 Å². The number of nitrogens with one attached hydrogen (secondary N) is 1. The van der Waals surface area contributed by atoms with Crippen LogP contribution in [0.2, 0.25) is 0 Å². The number of aliphatic hydroxyl groups excluding tert-OH is 1. The van der Waals surface area contributed by atoms with Crippen molar-refractivity contribution in [1.29, 1.82) is 0 Å². The molecule has 0 saturated carbocycles. The lowest BCUT2D eigenvalue weighted by Gasteiger charge is -2.11. The summed E-state index contributed by atoms with van der Waals surface area (Å²) in [6.07, 6.45) is -0.805. The minimum atomic E-state index is -0.805. The number of anilines is 1. The molecule has 0 aliphatic carbocycles. The van der Waals surface area contributed by atoms with Gasteiger partial charge in [-0.25, -0.2) is 0 Å². The van der Waals surface area contributed by atoms with E-state index in [9.17, 15) is 9.90 Å². The summed E-state index contributed by atoms with van der Waals surface area (Å²) >= 11 is 0. The Bertz CT molecular complexity index is 860. The molecule has 0 unspecified atom stereocenters. The molecule has 0 radical (unpaired) electrons. The first-order valence-electron chi connectivity index (χ1n) is 8.17. The van der Waals surface area contributed by atoms with Crippen molar-refractivity contribution in [3.05, 3.63) is 66.1 Å². The third kappa shape index (κ3) is 4.07. The molecule has 3 aromatic rings. The van der Waals surface area contributed by atoms with E-state index < -0.39 is 12.0 Å². The van der Waals surface area contributed by atoms with Crippen molar-refractivity contribution in [2.75, 3.05) is 25.5 Å². The number of carbonyl (C=O) groups is 1. The van der Waals surface area contributed by atoms with Crippen molar-refractivity contribution >= 4 is 11.6 Å². The Kier molecular flexibility index (Phi) is 5.28. The molecule has 26 heavy (non-hydrogen) atoms. The number of hydrogen-bond donors (Lipinski definition) is 2. The fourth-order valence-corrected chi connectivity index (χ4v) is 2.40. The quantitative estimate of drug-likeness (QED) is 0.707. The summed E-state index contributed by atoms with van der Waals surface area (Å²) in [6, 6.07) is 16.7. The maximum absolute atomic E-state index is 12.1. The molecule has 7 heteroatoms. The van der Waals surface area contributed by atoms with Crippen LogP contribution < -0.4 is 10.2 Å². The molecule has 1 amide bonds. The Morgan fingerprint density at radius 2 is 1.85 bits per heavy atom. The van der Waals surface area contributed by atoms with Crippen molar-refractivity contribution < 1.29 is 14.4 Å². The zero-order chi connectivity index (χ0) is 18.5. The highest BCUT2D eigenvalue weighted by atomic mass is 16.5. The lowest BCUT2D eigenvalue weighted by Crippen LogP contribution is -2.28. The largest absolute Gasteiger partial charge is 0.387 e. The Hall–Kier alpha value is -3.19. The summed E-state index contributed by atoms with van der Waals surface area (Å²) in [5.74, 6) is -0.329. The molecule has 7 nitrogen and oxygen atoms in total. The Morgan fingerprint density at radius 3 is 2.50 bits per heavy atom. The van der Waals surface area contributed by atoms with E-state index in [1.54, 1.807) is 12.1 Å². The average molecular weight is 352 g/mol. The Morgan fingerprint density at radius 1 is 1.15 bits per heavy atom. The summed E-state index contributed by atoms with van der Waals surface area (Å²) in [5, 5.41) is 16.5. The number of amides is 1. The van der Waals surface area contributed by atoms with Crippen LogP contribution in [0.5, 0.6) is 0 Å². The fourth-order valence-electron chi connectivity index (χ4n) is 2.40. The number of hydrogen-bond acceptors (Lipinski definition) is 6. The second-order valence-electron chi connectivity index (χ2n) is 6.00. The number of aromatic nitrogens is 2. The van der Waals surface area contributed by atoms with E-state index in [2.05, 4.69) is 15.5 Å². The number of nitrogens with zero attached hydrogens (tertiary/aromatic N) is 3. The van der Waals surface area contributed by atoms with Crippen LogP contribution >= 0.6 is 0 Å². The van der Waals surface area contributed by atoms with Crippen molar-refractivity contribution in [1.82, 2.24) is 15.5 Å². The molecule has 0 spiro atoms. The molecule has 0 aliphatic heterocycles. The van der Waals surface area contributed by atoms with Crippen LogP contribution in [0.25, 0.3) is 11.4 Å². The van der Waals surface area contributed by atoms with E-state index in [0.717, 1.165) is 16.8 Å². The first kappa shape index (κ1) is 17.6. The van der Waals surface area contributed by atoms with Gasteiger partial charge >= 0.3 is 11.8 Å². The highest BCUT2D eigenvalue weighted by Gasteiger charge is 2.17. The molecule has 0 bridgehead atoms. The SMILES string of the molecule is CN(C)c1ccc(-c2noc(C(=O)NC[C@H](O)c3ccccc3)n2)cc1. The van der Waals surface area contributed by atoms with Crippen molar-refractivity contribution in [3.8, 4) is 11.4 Å². The molecule has 2 N–H and O–H groups in total. The lowest BCUT2D eigenvalue weighted by molar-refractivity contribution is 0.0873. The van der Waals surface area contributed by atoms with E-state index in [4.69, 9.17) is 4.52 Å². The Balaban J connectivity index is 1.62. The predicted molar refractivity (Wildman–Crippen MR) is 97.8 cm³/mol. The number of benzene rings is 2. The van der Waals surface area contributed by atoms with Gasteiger partial charge < -0.3 is 19.8 Å². The summed E-state index contributed by atoms with van der Waals surface area (Å²) < 4.78 is 5.03. The molecule has 1 heterocycles. The second kappa shape index (κ2) is 7.79. The third-order valence-electron chi connectivity index (χ3n) is 3.90. The smallest absolute Gasteiger partial charge is 0.316 e. The van der Waals surface area contributed by atoms with Gasteiger partial charge in [-0.1, -0.05) is 35.5 Å². The van der Waals surface area contributed by atoms with Crippen LogP contribution in [0, 0.1) is 0 Å². The zero-order valence-corrected chi connectivity index (χ0v) is 14.6. The normalized spacial score (nSPS) is 11.8. The van der Waals surface area contributed by atoms with Crippen LogP contribution in [0.3, 0.4) is 0 Å². The second-order valence-corrected chi connectivity index (χ2v) is 6.00.